The van der Waals surface area contributed by atoms with Crippen LogP contribution in [0.2, 0.25) is 0 Å². The predicted molar refractivity (Wildman–Crippen MR) is 74.6 cm³/mol. The van der Waals surface area contributed by atoms with Crippen LogP contribution < -0.4 is 5.73 Å². The van der Waals surface area contributed by atoms with E-state index >= 15 is 0 Å². The molecule has 0 aliphatic heterocycles. The third-order valence-electron chi connectivity index (χ3n) is 6.12. The first-order valence-electron chi connectivity index (χ1n) is 7.38. The number of fused-ring (bicyclic) bond motifs is 2. The Kier molecular flexibility index (Phi) is 3.02. The lowest BCUT2D eigenvalue weighted by molar-refractivity contribution is -0.0908. The van der Waals surface area contributed by atoms with Crippen LogP contribution in [0, 0.1) is 16.7 Å². The predicted octanol–water partition coefficient (Wildman–Crippen LogP) is 3.51. The molecule has 2 aliphatic rings. The van der Waals surface area contributed by atoms with Gasteiger partial charge in [-0.1, -0.05) is 20.8 Å². The number of hydrogen-bond donors (Lipinski definition) is 1. The van der Waals surface area contributed by atoms with Crippen LogP contribution in [0.25, 0.3) is 0 Å². The number of hydrogen-bond acceptors (Lipinski definition) is 3. The van der Waals surface area contributed by atoms with Crippen molar-refractivity contribution in [1.82, 2.24) is 0 Å². The third-order valence-corrected chi connectivity index (χ3v) is 6.12. The normalized spacial score (nSPS) is 37.7. The SMILES string of the molecule is CC1(C)C2CCC1(C)C(OC(CN)c1ccco1)C2. The molecule has 4 unspecified atom stereocenters. The minimum Gasteiger partial charge on any atom is -0.467 e. The van der Waals surface area contributed by atoms with Crippen LogP contribution in [0.3, 0.4) is 0 Å². The van der Waals surface area contributed by atoms with Crippen LogP contribution in [0.5, 0.6) is 0 Å². The Bertz CT molecular complexity index is 440. The molecular weight excluding hydrogens is 238 g/mol. The Hall–Kier alpha value is -0.800. The molecule has 1 heterocycles. The topological polar surface area (TPSA) is 48.4 Å². The van der Waals surface area contributed by atoms with Gasteiger partial charge in [-0.2, -0.15) is 0 Å². The molecule has 0 radical (unpaired) electrons. The molecule has 1 aromatic rings. The highest BCUT2D eigenvalue weighted by molar-refractivity contribution is 5.12. The molecule has 0 aromatic carbocycles. The summed E-state index contributed by atoms with van der Waals surface area (Å²) in [5.41, 5.74) is 6.52. The van der Waals surface area contributed by atoms with Gasteiger partial charge in [0.05, 0.1) is 12.4 Å². The lowest BCUT2D eigenvalue weighted by Gasteiger charge is -2.40. The zero-order valence-electron chi connectivity index (χ0n) is 12.2. The van der Waals surface area contributed by atoms with Crippen LogP contribution >= 0.6 is 0 Å². The first-order chi connectivity index (χ1) is 8.99. The van der Waals surface area contributed by atoms with Crippen LogP contribution in [-0.4, -0.2) is 12.6 Å². The highest BCUT2D eigenvalue weighted by Gasteiger charge is 2.62. The Morgan fingerprint density at radius 3 is 2.74 bits per heavy atom. The average Bonchev–Trinajstić information content (AvgIpc) is 3.01. The monoisotopic (exact) mass is 263 g/mol. The van der Waals surface area contributed by atoms with E-state index in [2.05, 4.69) is 20.8 Å². The third kappa shape index (κ3) is 1.78. The van der Waals surface area contributed by atoms with E-state index in [4.69, 9.17) is 14.9 Å². The highest BCUT2D eigenvalue weighted by atomic mass is 16.5. The molecule has 0 spiro atoms. The maximum atomic E-state index is 6.36. The van der Waals surface area contributed by atoms with Crippen molar-refractivity contribution in [1.29, 1.82) is 0 Å². The quantitative estimate of drug-likeness (QED) is 0.904. The van der Waals surface area contributed by atoms with Gasteiger partial charge in [0.1, 0.15) is 11.9 Å². The second-order valence-electron chi connectivity index (χ2n) is 6.97. The van der Waals surface area contributed by atoms with E-state index in [9.17, 15) is 0 Å². The molecule has 2 bridgehead atoms. The second kappa shape index (κ2) is 4.35. The van der Waals surface area contributed by atoms with Crippen molar-refractivity contribution in [3.63, 3.8) is 0 Å². The molecule has 3 heteroatoms. The van der Waals surface area contributed by atoms with Crippen LogP contribution in [0.4, 0.5) is 0 Å². The molecule has 2 aliphatic carbocycles. The summed E-state index contributed by atoms with van der Waals surface area (Å²) >= 11 is 0. The molecule has 3 nitrogen and oxygen atoms in total. The molecule has 19 heavy (non-hydrogen) atoms. The molecule has 4 atom stereocenters. The summed E-state index contributed by atoms with van der Waals surface area (Å²) in [5.74, 6) is 1.64. The van der Waals surface area contributed by atoms with Gasteiger partial charge in [-0.25, -0.2) is 0 Å². The minimum absolute atomic E-state index is 0.105. The Morgan fingerprint density at radius 1 is 1.47 bits per heavy atom. The fraction of sp³-hybridized carbons (Fsp3) is 0.750. The Morgan fingerprint density at radius 2 is 2.26 bits per heavy atom. The molecule has 1 aromatic heterocycles. The zero-order valence-corrected chi connectivity index (χ0v) is 12.2. The Balaban J connectivity index is 1.78. The van der Waals surface area contributed by atoms with Gasteiger partial charge in [0.25, 0.3) is 0 Å². The molecule has 0 amide bonds. The van der Waals surface area contributed by atoms with Crippen molar-refractivity contribution in [2.24, 2.45) is 22.5 Å². The summed E-state index contributed by atoms with van der Waals surface area (Å²) in [5, 5.41) is 0. The van der Waals surface area contributed by atoms with E-state index in [0.29, 0.717) is 18.1 Å². The van der Waals surface area contributed by atoms with E-state index < -0.39 is 0 Å². The summed E-state index contributed by atoms with van der Waals surface area (Å²) in [6, 6.07) is 3.85. The van der Waals surface area contributed by atoms with Crippen molar-refractivity contribution in [3.05, 3.63) is 24.2 Å². The van der Waals surface area contributed by atoms with Gasteiger partial charge in [-0.3, -0.25) is 0 Å². The molecule has 0 saturated heterocycles. The van der Waals surface area contributed by atoms with E-state index in [1.54, 1.807) is 6.26 Å². The summed E-state index contributed by atoms with van der Waals surface area (Å²) in [6.45, 7) is 7.67. The van der Waals surface area contributed by atoms with Crippen LogP contribution in [0.1, 0.15) is 51.9 Å². The van der Waals surface area contributed by atoms with Gasteiger partial charge in [-0.15, -0.1) is 0 Å². The van der Waals surface area contributed by atoms with Crippen LogP contribution in [-0.2, 0) is 4.74 Å². The van der Waals surface area contributed by atoms with Crippen molar-refractivity contribution in [3.8, 4) is 0 Å². The fourth-order valence-electron chi connectivity index (χ4n) is 4.25. The summed E-state index contributed by atoms with van der Waals surface area (Å²) < 4.78 is 11.8. The lowest BCUT2D eigenvalue weighted by Crippen LogP contribution is -2.38. The first kappa shape index (κ1) is 13.2. The standard InChI is InChI=1S/C16H25NO2/c1-15(2)11-6-7-16(15,3)14(9-11)19-13(10-17)12-5-4-8-18-12/h4-5,8,11,13-14H,6-7,9-10,17H2,1-3H3. The van der Waals surface area contributed by atoms with Gasteiger partial charge in [0, 0.05) is 6.54 Å². The molecular formula is C16H25NO2. The van der Waals surface area contributed by atoms with E-state index in [0.717, 1.165) is 11.7 Å². The van der Waals surface area contributed by atoms with Crippen molar-refractivity contribution in [2.75, 3.05) is 6.54 Å². The number of furan rings is 1. The maximum Gasteiger partial charge on any atom is 0.133 e. The summed E-state index contributed by atoms with van der Waals surface area (Å²) in [4.78, 5) is 0. The van der Waals surface area contributed by atoms with Crippen LogP contribution in [0.15, 0.2) is 22.8 Å². The first-order valence-corrected chi connectivity index (χ1v) is 7.38. The van der Waals surface area contributed by atoms with Gasteiger partial charge in [0.15, 0.2) is 0 Å². The number of nitrogens with two attached hydrogens (primary N) is 1. The number of ether oxygens (including phenoxy) is 1. The Labute approximate surface area is 115 Å². The lowest BCUT2D eigenvalue weighted by atomic mass is 9.70. The largest absolute Gasteiger partial charge is 0.467 e. The fourth-order valence-corrected chi connectivity index (χ4v) is 4.25. The average molecular weight is 263 g/mol. The zero-order chi connectivity index (χ0) is 13.7. The highest BCUT2D eigenvalue weighted by Crippen LogP contribution is 2.66. The van der Waals surface area contributed by atoms with Gasteiger partial charge in [0.2, 0.25) is 0 Å². The van der Waals surface area contributed by atoms with Crippen molar-refractivity contribution < 1.29 is 9.15 Å². The summed E-state index contributed by atoms with van der Waals surface area (Å²) in [7, 11) is 0. The van der Waals surface area contributed by atoms with Gasteiger partial charge >= 0.3 is 0 Å². The van der Waals surface area contributed by atoms with Crippen molar-refractivity contribution in [2.45, 2.75) is 52.2 Å². The molecule has 2 saturated carbocycles. The molecule has 3 rings (SSSR count). The molecule has 2 fully saturated rings. The van der Waals surface area contributed by atoms with E-state index in [1.165, 1.54) is 19.3 Å². The van der Waals surface area contributed by atoms with E-state index in [-0.39, 0.29) is 11.5 Å². The van der Waals surface area contributed by atoms with Gasteiger partial charge < -0.3 is 14.9 Å². The minimum atomic E-state index is -0.105. The molecule has 106 valence electrons. The smallest absolute Gasteiger partial charge is 0.133 e. The van der Waals surface area contributed by atoms with Crippen molar-refractivity contribution >= 4 is 0 Å². The summed E-state index contributed by atoms with van der Waals surface area (Å²) in [6.07, 6.45) is 5.67. The second-order valence-corrected chi connectivity index (χ2v) is 6.97. The molecule has 2 N–H and O–H groups in total. The maximum absolute atomic E-state index is 6.36. The van der Waals surface area contributed by atoms with Gasteiger partial charge in [-0.05, 0) is 48.1 Å². The number of rotatable bonds is 4. The van der Waals surface area contributed by atoms with E-state index in [1.807, 2.05) is 12.1 Å².